The molecule has 1 aliphatic heterocycles. The summed E-state index contributed by atoms with van der Waals surface area (Å²) in [5.41, 5.74) is 1.42. The highest BCUT2D eigenvalue weighted by molar-refractivity contribution is 5.16. The van der Waals surface area contributed by atoms with E-state index in [1.54, 1.807) is 0 Å². The van der Waals surface area contributed by atoms with Gasteiger partial charge in [-0.15, -0.1) is 0 Å². The molecule has 1 unspecified atom stereocenters. The lowest BCUT2D eigenvalue weighted by Crippen LogP contribution is -2.24. The molecule has 5 heteroatoms. The third-order valence-electron chi connectivity index (χ3n) is 5.56. The predicted octanol–water partition coefficient (Wildman–Crippen LogP) is 3.89. The molecular weight excluding hydrogens is 300 g/mol. The second-order valence-electron chi connectivity index (χ2n) is 7.21. The number of hydrogen-bond donors (Lipinski definition) is 0. The molecule has 2 aromatic rings. The molecule has 4 rings (SSSR count). The summed E-state index contributed by atoms with van der Waals surface area (Å²) in [6.45, 7) is 3.00. The van der Waals surface area contributed by atoms with Crippen LogP contribution in [0.3, 0.4) is 0 Å². The van der Waals surface area contributed by atoms with Crippen molar-refractivity contribution in [3.63, 3.8) is 0 Å². The maximum Gasteiger partial charge on any atom is 0.240 e. The molecule has 0 aromatic carbocycles. The van der Waals surface area contributed by atoms with Crippen LogP contribution in [0, 0.1) is 0 Å². The molecule has 0 bridgehead atoms. The van der Waals surface area contributed by atoms with E-state index in [4.69, 9.17) is 4.52 Å². The van der Waals surface area contributed by atoms with E-state index in [1.807, 2.05) is 12.4 Å². The van der Waals surface area contributed by atoms with E-state index >= 15 is 0 Å². The molecule has 5 nitrogen and oxygen atoms in total. The normalized spacial score (nSPS) is 23.4. The molecule has 3 heterocycles. The van der Waals surface area contributed by atoms with E-state index in [0.29, 0.717) is 11.8 Å². The van der Waals surface area contributed by atoms with Gasteiger partial charge in [-0.2, -0.15) is 4.98 Å². The summed E-state index contributed by atoms with van der Waals surface area (Å²) >= 11 is 0. The number of hydrogen-bond acceptors (Lipinski definition) is 5. The van der Waals surface area contributed by atoms with E-state index in [2.05, 4.69) is 32.2 Å². The fourth-order valence-electron chi connectivity index (χ4n) is 4.16. The Labute approximate surface area is 143 Å². The van der Waals surface area contributed by atoms with Gasteiger partial charge in [-0.05, 0) is 68.8 Å². The topological polar surface area (TPSA) is 55.1 Å². The Hall–Kier alpha value is -1.75. The number of nitrogens with zero attached hydrogens (tertiary/aromatic N) is 4. The van der Waals surface area contributed by atoms with Gasteiger partial charge in [0.25, 0.3) is 0 Å². The third-order valence-corrected chi connectivity index (χ3v) is 5.56. The average Bonchev–Trinajstić information content (AvgIpc) is 3.25. The van der Waals surface area contributed by atoms with Gasteiger partial charge in [-0.1, -0.05) is 18.0 Å². The van der Waals surface area contributed by atoms with Crippen LogP contribution in [0.4, 0.5) is 0 Å². The number of aromatic nitrogens is 3. The van der Waals surface area contributed by atoms with Crippen LogP contribution in [0.2, 0.25) is 0 Å². The van der Waals surface area contributed by atoms with Gasteiger partial charge in [-0.3, -0.25) is 9.88 Å². The second-order valence-corrected chi connectivity index (χ2v) is 7.21. The standard InChI is InChI=1S/C19H26N4O/c1-2-5-17(4-1)19-21-18(24-22-19)14-23-12-3-6-15(9-13-23)16-7-10-20-11-8-16/h7-8,10-11,15,17H,1-6,9,12-14H2. The monoisotopic (exact) mass is 326 g/mol. The summed E-state index contributed by atoms with van der Waals surface area (Å²) in [7, 11) is 0. The van der Waals surface area contributed by atoms with Gasteiger partial charge in [0.1, 0.15) is 0 Å². The first-order valence-electron chi connectivity index (χ1n) is 9.33. The average molecular weight is 326 g/mol. The Morgan fingerprint density at radius 3 is 2.58 bits per heavy atom. The van der Waals surface area contributed by atoms with Crippen molar-refractivity contribution in [2.24, 2.45) is 0 Å². The summed E-state index contributed by atoms with van der Waals surface area (Å²) in [6, 6.07) is 4.32. The fraction of sp³-hybridized carbons (Fsp3) is 0.632. The molecule has 1 saturated heterocycles. The molecule has 0 radical (unpaired) electrons. The van der Waals surface area contributed by atoms with Gasteiger partial charge >= 0.3 is 0 Å². The summed E-state index contributed by atoms with van der Waals surface area (Å²) in [4.78, 5) is 11.3. The van der Waals surface area contributed by atoms with Crippen molar-refractivity contribution in [2.75, 3.05) is 13.1 Å². The third kappa shape index (κ3) is 3.66. The zero-order valence-electron chi connectivity index (χ0n) is 14.2. The summed E-state index contributed by atoms with van der Waals surface area (Å²) in [5.74, 6) is 2.91. The van der Waals surface area contributed by atoms with Gasteiger partial charge in [0.15, 0.2) is 5.82 Å². The van der Waals surface area contributed by atoms with Crippen LogP contribution in [0.15, 0.2) is 29.0 Å². The molecule has 0 amide bonds. The van der Waals surface area contributed by atoms with E-state index in [9.17, 15) is 0 Å². The molecule has 24 heavy (non-hydrogen) atoms. The van der Waals surface area contributed by atoms with Crippen LogP contribution < -0.4 is 0 Å². The Morgan fingerprint density at radius 2 is 1.75 bits per heavy atom. The molecule has 2 aliphatic rings. The van der Waals surface area contributed by atoms with Crippen LogP contribution in [-0.4, -0.2) is 33.1 Å². The maximum atomic E-state index is 5.52. The van der Waals surface area contributed by atoms with Crippen molar-refractivity contribution >= 4 is 0 Å². The highest BCUT2D eigenvalue weighted by Crippen LogP contribution is 2.32. The maximum absolute atomic E-state index is 5.52. The molecule has 128 valence electrons. The second kappa shape index (κ2) is 7.43. The van der Waals surface area contributed by atoms with E-state index in [-0.39, 0.29) is 0 Å². The minimum atomic E-state index is 0.530. The van der Waals surface area contributed by atoms with Crippen molar-refractivity contribution in [3.8, 4) is 0 Å². The van der Waals surface area contributed by atoms with Crippen LogP contribution in [-0.2, 0) is 6.54 Å². The summed E-state index contributed by atoms with van der Waals surface area (Å²) < 4.78 is 5.52. The molecule has 1 saturated carbocycles. The lowest BCUT2D eigenvalue weighted by atomic mass is 9.93. The van der Waals surface area contributed by atoms with Crippen molar-refractivity contribution in [1.82, 2.24) is 20.0 Å². The van der Waals surface area contributed by atoms with Crippen molar-refractivity contribution in [1.29, 1.82) is 0 Å². The largest absolute Gasteiger partial charge is 0.338 e. The first kappa shape index (κ1) is 15.8. The van der Waals surface area contributed by atoms with E-state index in [0.717, 1.165) is 31.3 Å². The highest BCUT2D eigenvalue weighted by Gasteiger charge is 2.24. The minimum Gasteiger partial charge on any atom is -0.338 e. The van der Waals surface area contributed by atoms with Gasteiger partial charge in [0.2, 0.25) is 5.89 Å². The van der Waals surface area contributed by atoms with Gasteiger partial charge in [0.05, 0.1) is 6.54 Å². The quantitative estimate of drug-likeness (QED) is 0.853. The summed E-state index contributed by atoms with van der Waals surface area (Å²) in [6.07, 6.45) is 12.5. The van der Waals surface area contributed by atoms with Gasteiger partial charge in [0, 0.05) is 18.3 Å². The molecule has 1 aliphatic carbocycles. The number of pyridine rings is 1. The van der Waals surface area contributed by atoms with Gasteiger partial charge < -0.3 is 4.52 Å². The Bertz CT molecular complexity index is 636. The van der Waals surface area contributed by atoms with Crippen molar-refractivity contribution < 1.29 is 4.52 Å². The highest BCUT2D eigenvalue weighted by atomic mass is 16.5. The van der Waals surface area contributed by atoms with E-state index in [1.165, 1.54) is 50.5 Å². The fourth-order valence-corrected chi connectivity index (χ4v) is 4.16. The lowest BCUT2D eigenvalue weighted by Gasteiger charge is -2.18. The number of rotatable bonds is 4. The molecule has 0 N–H and O–H groups in total. The smallest absolute Gasteiger partial charge is 0.240 e. The Balaban J connectivity index is 1.34. The van der Waals surface area contributed by atoms with Crippen molar-refractivity contribution in [3.05, 3.63) is 41.8 Å². The molecule has 0 spiro atoms. The number of likely N-dealkylation sites (tertiary alicyclic amines) is 1. The van der Waals surface area contributed by atoms with Crippen LogP contribution in [0.5, 0.6) is 0 Å². The summed E-state index contributed by atoms with van der Waals surface area (Å²) in [5, 5.41) is 4.23. The van der Waals surface area contributed by atoms with Crippen LogP contribution in [0.25, 0.3) is 0 Å². The molecule has 2 fully saturated rings. The minimum absolute atomic E-state index is 0.530. The first-order valence-corrected chi connectivity index (χ1v) is 9.33. The Kier molecular flexibility index (Phi) is 4.88. The van der Waals surface area contributed by atoms with Gasteiger partial charge in [-0.25, -0.2) is 0 Å². The molecular formula is C19H26N4O. The zero-order valence-corrected chi connectivity index (χ0v) is 14.2. The zero-order chi connectivity index (χ0) is 16.2. The lowest BCUT2D eigenvalue weighted by molar-refractivity contribution is 0.232. The van der Waals surface area contributed by atoms with Crippen LogP contribution in [0.1, 0.15) is 74.1 Å². The van der Waals surface area contributed by atoms with Crippen LogP contribution >= 0.6 is 0 Å². The SMILES string of the molecule is c1cc(C2CCCN(Cc3nc(C4CCCC4)no3)CC2)ccn1. The first-order chi connectivity index (χ1) is 11.9. The molecule has 1 atom stereocenters. The Morgan fingerprint density at radius 1 is 0.958 bits per heavy atom. The molecule has 2 aromatic heterocycles. The van der Waals surface area contributed by atoms with E-state index < -0.39 is 0 Å². The van der Waals surface area contributed by atoms with Crippen molar-refractivity contribution in [2.45, 2.75) is 63.3 Å². The predicted molar refractivity (Wildman–Crippen MR) is 91.6 cm³/mol.